The first kappa shape index (κ1) is 15.0. The standard InChI is InChI=1S/C15H21F2N5O/c16-15(17)9-14(15)5-4-10(8-14)13(23)22-6-2-1-3-11(22)7-12-18-20-21-19-12/h10-11H,1-9H2,(H,18,19,20,21). The molecule has 1 aliphatic heterocycles. The third-order valence-electron chi connectivity index (χ3n) is 5.89. The van der Waals surface area contributed by atoms with Gasteiger partial charge in [0.05, 0.1) is 0 Å². The Hall–Kier alpha value is -1.60. The van der Waals surface area contributed by atoms with Crippen LogP contribution in [0.3, 0.4) is 0 Å². The predicted molar refractivity (Wildman–Crippen MR) is 76.6 cm³/mol. The first-order chi connectivity index (χ1) is 11.0. The number of nitrogens with one attached hydrogen (secondary N) is 1. The van der Waals surface area contributed by atoms with Gasteiger partial charge >= 0.3 is 0 Å². The van der Waals surface area contributed by atoms with Crippen molar-refractivity contribution in [3.63, 3.8) is 0 Å². The highest BCUT2D eigenvalue weighted by atomic mass is 19.3. The number of carbonyl (C=O) groups excluding carboxylic acids is 1. The topological polar surface area (TPSA) is 74.8 Å². The van der Waals surface area contributed by atoms with Gasteiger partial charge in [-0.25, -0.2) is 8.78 Å². The first-order valence-electron chi connectivity index (χ1n) is 8.41. The number of carbonyl (C=O) groups is 1. The molecule has 0 radical (unpaired) electrons. The van der Waals surface area contributed by atoms with Crippen LogP contribution in [0.4, 0.5) is 8.78 Å². The summed E-state index contributed by atoms with van der Waals surface area (Å²) in [6.45, 7) is 0.710. The molecule has 1 saturated heterocycles. The van der Waals surface area contributed by atoms with Gasteiger partial charge in [0.1, 0.15) is 0 Å². The fourth-order valence-electron chi connectivity index (χ4n) is 4.43. The summed E-state index contributed by atoms with van der Waals surface area (Å²) in [6.07, 6.45) is 4.94. The summed E-state index contributed by atoms with van der Waals surface area (Å²) >= 11 is 0. The fourth-order valence-corrected chi connectivity index (χ4v) is 4.43. The predicted octanol–water partition coefficient (Wildman–Crippen LogP) is 1.95. The zero-order valence-corrected chi connectivity index (χ0v) is 13.0. The molecule has 8 heteroatoms. The van der Waals surface area contributed by atoms with Crippen LogP contribution < -0.4 is 0 Å². The molecule has 23 heavy (non-hydrogen) atoms. The molecule has 2 aliphatic carbocycles. The lowest BCUT2D eigenvalue weighted by molar-refractivity contribution is -0.139. The van der Waals surface area contributed by atoms with E-state index in [1.54, 1.807) is 0 Å². The van der Waals surface area contributed by atoms with Crippen molar-refractivity contribution < 1.29 is 13.6 Å². The number of tetrazole rings is 1. The zero-order chi connectivity index (χ0) is 16.1. The molecule has 1 N–H and O–H groups in total. The van der Waals surface area contributed by atoms with Gasteiger partial charge in [-0.05, 0) is 38.5 Å². The van der Waals surface area contributed by atoms with Crippen molar-refractivity contribution in [2.45, 2.75) is 63.3 Å². The quantitative estimate of drug-likeness (QED) is 0.922. The van der Waals surface area contributed by atoms with Crippen LogP contribution in [0.2, 0.25) is 0 Å². The van der Waals surface area contributed by atoms with Crippen LogP contribution in [0, 0.1) is 11.3 Å². The summed E-state index contributed by atoms with van der Waals surface area (Å²) in [6, 6.07) is 0.0603. The normalized spacial score (nSPS) is 35.7. The molecule has 0 bridgehead atoms. The molecule has 126 valence electrons. The van der Waals surface area contributed by atoms with Gasteiger partial charge in [-0.3, -0.25) is 4.79 Å². The van der Waals surface area contributed by atoms with Crippen LogP contribution in [0.5, 0.6) is 0 Å². The molecule has 3 unspecified atom stereocenters. The van der Waals surface area contributed by atoms with Crippen molar-refractivity contribution in [3.8, 4) is 0 Å². The maximum atomic E-state index is 13.5. The monoisotopic (exact) mass is 325 g/mol. The van der Waals surface area contributed by atoms with Crippen molar-refractivity contribution >= 4 is 5.91 Å². The van der Waals surface area contributed by atoms with Crippen LogP contribution in [0.1, 0.15) is 50.8 Å². The number of likely N-dealkylation sites (tertiary alicyclic amines) is 1. The smallest absolute Gasteiger partial charge is 0.254 e. The second-order valence-corrected chi connectivity index (χ2v) is 7.31. The van der Waals surface area contributed by atoms with Gasteiger partial charge in [0.2, 0.25) is 5.91 Å². The van der Waals surface area contributed by atoms with Crippen LogP contribution in [0.15, 0.2) is 0 Å². The Bertz CT molecular complexity index is 593. The Morgan fingerprint density at radius 1 is 1.35 bits per heavy atom. The first-order valence-corrected chi connectivity index (χ1v) is 8.41. The number of halogens is 2. The lowest BCUT2D eigenvalue weighted by Gasteiger charge is -2.37. The number of hydrogen-bond acceptors (Lipinski definition) is 4. The lowest BCUT2D eigenvalue weighted by atomic mass is 9.95. The van der Waals surface area contributed by atoms with Crippen LogP contribution in [0.25, 0.3) is 0 Å². The van der Waals surface area contributed by atoms with Crippen molar-refractivity contribution in [1.82, 2.24) is 25.5 Å². The summed E-state index contributed by atoms with van der Waals surface area (Å²) < 4.78 is 27.1. The Morgan fingerprint density at radius 3 is 2.83 bits per heavy atom. The maximum Gasteiger partial charge on any atom is 0.254 e. The molecular weight excluding hydrogens is 304 g/mol. The largest absolute Gasteiger partial charge is 0.339 e. The second kappa shape index (κ2) is 5.21. The maximum absolute atomic E-state index is 13.5. The molecule has 1 amide bonds. The van der Waals surface area contributed by atoms with Crippen LogP contribution >= 0.6 is 0 Å². The second-order valence-electron chi connectivity index (χ2n) is 7.31. The summed E-state index contributed by atoms with van der Waals surface area (Å²) in [4.78, 5) is 14.8. The van der Waals surface area contributed by atoms with E-state index >= 15 is 0 Å². The van der Waals surface area contributed by atoms with E-state index in [0.717, 1.165) is 19.3 Å². The molecule has 1 aromatic rings. The van der Waals surface area contributed by atoms with Crippen molar-refractivity contribution in [2.24, 2.45) is 11.3 Å². The van der Waals surface area contributed by atoms with E-state index in [4.69, 9.17) is 0 Å². The van der Waals surface area contributed by atoms with Gasteiger partial charge < -0.3 is 4.90 Å². The molecule has 0 aromatic carbocycles. The van der Waals surface area contributed by atoms with Crippen molar-refractivity contribution in [1.29, 1.82) is 0 Å². The number of piperidine rings is 1. The van der Waals surface area contributed by atoms with Gasteiger partial charge in [0.15, 0.2) is 5.82 Å². The Balaban J connectivity index is 1.44. The molecule has 4 rings (SSSR count). The summed E-state index contributed by atoms with van der Waals surface area (Å²) in [5.74, 6) is -2.13. The number of rotatable bonds is 3. The average Bonchev–Trinajstić information content (AvgIpc) is 2.98. The number of hydrogen-bond donors (Lipinski definition) is 1. The van der Waals surface area contributed by atoms with Crippen LogP contribution in [-0.2, 0) is 11.2 Å². The van der Waals surface area contributed by atoms with Crippen molar-refractivity contribution in [3.05, 3.63) is 5.82 Å². The average molecular weight is 325 g/mol. The van der Waals surface area contributed by atoms with Gasteiger partial charge in [-0.2, -0.15) is 5.21 Å². The molecule has 2 heterocycles. The third kappa shape index (κ3) is 2.52. The van der Waals surface area contributed by atoms with Gasteiger partial charge in [-0.1, -0.05) is 5.21 Å². The number of aromatic nitrogens is 4. The third-order valence-corrected chi connectivity index (χ3v) is 5.89. The molecule has 2 saturated carbocycles. The molecule has 3 aliphatic rings. The van der Waals surface area contributed by atoms with Gasteiger partial charge in [0.25, 0.3) is 5.92 Å². The van der Waals surface area contributed by atoms with E-state index in [0.29, 0.717) is 38.1 Å². The molecular formula is C15H21F2N5O. The van der Waals surface area contributed by atoms with E-state index in [1.807, 2.05) is 4.90 Å². The zero-order valence-electron chi connectivity index (χ0n) is 13.0. The van der Waals surface area contributed by atoms with Crippen molar-refractivity contribution in [2.75, 3.05) is 6.54 Å². The van der Waals surface area contributed by atoms with Crippen LogP contribution in [-0.4, -0.2) is 49.9 Å². The number of H-pyrrole nitrogens is 1. The van der Waals surface area contributed by atoms with E-state index < -0.39 is 11.3 Å². The van der Waals surface area contributed by atoms with E-state index in [9.17, 15) is 13.6 Å². The number of alkyl halides is 2. The summed E-state index contributed by atoms with van der Waals surface area (Å²) in [7, 11) is 0. The fraction of sp³-hybridized carbons (Fsp3) is 0.867. The molecule has 3 fully saturated rings. The van der Waals surface area contributed by atoms with Gasteiger partial charge in [0, 0.05) is 36.8 Å². The minimum absolute atomic E-state index is 0.0317. The number of nitrogens with zero attached hydrogens (tertiary/aromatic N) is 4. The molecule has 1 aromatic heterocycles. The minimum atomic E-state index is -2.55. The number of amides is 1. The molecule has 6 nitrogen and oxygen atoms in total. The SMILES string of the molecule is O=C(C1CCC2(C1)CC2(F)F)N1CCCCC1Cc1nn[nH]n1. The Labute approximate surface area is 133 Å². The Kier molecular flexibility index (Phi) is 3.39. The van der Waals surface area contributed by atoms with E-state index in [-0.39, 0.29) is 24.3 Å². The number of aromatic amines is 1. The Morgan fingerprint density at radius 2 is 2.17 bits per heavy atom. The lowest BCUT2D eigenvalue weighted by Crippen LogP contribution is -2.47. The minimum Gasteiger partial charge on any atom is -0.339 e. The highest BCUT2D eigenvalue weighted by Gasteiger charge is 2.73. The molecule has 3 atom stereocenters. The highest BCUT2D eigenvalue weighted by Crippen LogP contribution is 2.69. The van der Waals surface area contributed by atoms with E-state index in [1.165, 1.54) is 0 Å². The van der Waals surface area contributed by atoms with E-state index in [2.05, 4.69) is 20.6 Å². The summed E-state index contributed by atoms with van der Waals surface area (Å²) in [5, 5.41) is 13.9. The van der Waals surface area contributed by atoms with Gasteiger partial charge in [-0.15, -0.1) is 10.2 Å². The molecule has 1 spiro atoms. The highest BCUT2D eigenvalue weighted by molar-refractivity contribution is 5.80. The summed E-state index contributed by atoms with van der Waals surface area (Å²) in [5.41, 5.74) is -0.869.